The summed E-state index contributed by atoms with van der Waals surface area (Å²) in [7, 11) is -9.64. The number of hydrogen-bond acceptors (Lipinski definition) is 2. The molecule has 4 N–H and O–H groups in total. The van der Waals surface area contributed by atoms with Gasteiger partial charge in [0.05, 0.1) is 0 Å². The first-order chi connectivity index (χ1) is 6.05. The van der Waals surface area contributed by atoms with E-state index in [0.717, 1.165) is 6.08 Å². The Morgan fingerprint density at radius 3 is 1.86 bits per heavy atom. The summed E-state index contributed by atoms with van der Waals surface area (Å²) < 4.78 is 21.4. The smallest absolute Gasteiger partial charge is 0.324 e. The predicted octanol–water partition coefficient (Wildman–Crippen LogP) is 1.20. The van der Waals surface area contributed by atoms with E-state index in [-0.39, 0.29) is 5.03 Å². The van der Waals surface area contributed by atoms with Crippen LogP contribution in [-0.2, 0) is 9.13 Å². The molecule has 9 heteroatoms. The van der Waals surface area contributed by atoms with Crippen LogP contribution in [0, 0.1) is 0 Å². The first-order valence-corrected chi connectivity index (χ1v) is 7.22. The fraction of sp³-hybridized carbons (Fsp3) is 0.600. The van der Waals surface area contributed by atoms with Crippen molar-refractivity contribution in [3.8, 4) is 0 Å². The van der Waals surface area contributed by atoms with Gasteiger partial charge >= 0.3 is 15.2 Å². The SMILES string of the molecule is CC(Cl)=CCC(P(=O)(O)O)P(=O)(O)O. The second-order valence-corrected chi connectivity index (χ2v) is 7.29. The number of halogens is 1. The second-order valence-electron chi connectivity index (χ2n) is 2.69. The van der Waals surface area contributed by atoms with Crippen molar-refractivity contribution in [3.63, 3.8) is 0 Å². The highest BCUT2D eigenvalue weighted by molar-refractivity contribution is 7.70. The van der Waals surface area contributed by atoms with Crippen LogP contribution in [0.5, 0.6) is 0 Å². The van der Waals surface area contributed by atoms with E-state index in [1.54, 1.807) is 0 Å². The number of hydrogen-bond donors (Lipinski definition) is 4. The van der Waals surface area contributed by atoms with Gasteiger partial charge in [-0.3, -0.25) is 9.13 Å². The van der Waals surface area contributed by atoms with Crippen LogP contribution >= 0.6 is 26.8 Å². The third kappa shape index (κ3) is 5.27. The fourth-order valence-corrected chi connectivity index (χ4v) is 3.16. The highest BCUT2D eigenvalue weighted by Gasteiger charge is 2.42. The molecule has 0 saturated heterocycles. The molecule has 0 radical (unpaired) electrons. The Morgan fingerprint density at radius 1 is 1.29 bits per heavy atom. The van der Waals surface area contributed by atoms with Crippen LogP contribution in [0.4, 0.5) is 0 Å². The summed E-state index contributed by atoms with van der Waals surface area (Å²) in [5, 5.41) is -1.79. The van der Waals surface area contributed by atoms with E-state index < -0.39 is 27.0 Å². The molecule has 0 atom stereocenters. The fourth-order valence-electron chi connectivity index (χ4n) is 0.738. The average molecular weight is 265 g/mol. The summed E-state index contributed by atoms with van der Waals surface area (Å²) in [6.07, 6.45) is 0.703. The van der Waals surface area contributed by atoms with Crippen LogP contribution in [0.3, 0.4) is 0 Å². The van der Waals surface area contributed by atoms with Gasteiger partial charge in [0, 0.05) is 5.03 Å². The number of rotatable bonds is 4. The van der Waals surface area contributed by atoms with Gasteiger partial charge in [-0.2, -0.15) is 0 Å². The molecule has 0 rings (SSSR count). The normalized spacial score (nSPS) is 14.9. The monoisotopic (exact) mass is 264 g/mol. The molecule has 14 heavy (non-hydrogen) atoms. The molecule has 6 nitrogen and oxygen atoms in total. The summed E-state index contributed by atoms with van der Waals surface area (Å²) in [4.78, 5) is 34.7. The van der Waals surface area contributed by atoms with Gasteiger partial charge in [0.15, 0.2) is 5.40 Å². The van der Waals surface area contributed by atoms with Crippen LogP contribution in [0.1, 0.15) is 13.3 Å². The van der Waals surface area contributed by atoms with Crippen LogP contribution in [0.25, 0.3) is 0 Å². The Hall–Kier alpha value is 0.330. The van der Waals surface area contributed by atoms with Crippen LogP contribution in [-0.4, -0.2) is 25.0 Å². The van der Waals surface area contributed by atoms with E-state index >= 15 is 0 Å². The lowest BCUT2D eigenvalue weighted by Crippen LogP contribution is -2.07. The Bertz CT molecular complexity index is 288. The molecular weight excluding hydrogens is 253 g/mol. The van der Waals surface area contributed by atoms with E-state index in [2.05, 4.69) is 0 Å². The Morgan fingerprint density at radius 2 is 1.64 bits per heavy atom. The van der Waals surface area contributed by atoms with Crippen molar-refractivity contribution in [1.82, 2.24) is 0 Å². The summed E-state index contributed by atoms with van der Waals surface area (Å²) in [5.74, 6) is 0. The minimum atomic E-state index is -4.82. The van der Waals surface area contributed by atoms with E-state index in [9.17, 15) is 9.13 Å². The molecule has 0 aliphatic rings. The van der Waals surface area contributed by atoms with Crippen LogP contribution in [0.2, 0.25) is 0 Å². The van der Waals surface area contributed by atoms with Crippen molar-refractivity contribution in [2.24, 2.45) is 0 Å². The van der Waals surface area contributed by atoms with Gasteiger partial charge in [0.2, 0.25) is 0 Å². The molecule has 0 saturated carbocycles. The van der Waals surface area contributed by atoms with Crippen molar-refractivity contribution < 1.29 is 28.7 Å². The molecule has 0 aromatic rings. The molecule has 0 heterocycles. The predicted molar refractivity (Wildman–Crippen MR) is 52.1 cm³/mol. The van der Waals surface area contributed by atoms with Crippen molar-refractivity contribution in [1.29, 1.82) is 0 Å². The standard InChI is InChI=1S/C5H11ClO6P2/c1-4(6)2-3-5(13(7,8)9)14(10,11)12/h2,5H,3H2,1H3,(H2,7,8,9)(H2,10,11,12). The van der Waals surface area contributed by atoms with E-state index in [1.165, 1.54) is 6.92 Å². The molecule has 0 aliphatic carbocycles. The van der Waals surface area contributed by atoms with Gasteiger partial charge < -0.3 is 19.6 Å². The molecule has 0 unspecified atom stereocenters. The van der Waals surface area contributed by atoms with Crippen molar-refractivity contribution in [3.05, 3.63) is 11.1 Å². The van der Waals surface area contributed by atoms with Gasteiger partial charge in [-0.05, 0) is 13.3 Å². The highest BCUT2D eigenvalue weighted by Crippen LogP contribution is 2.61. The second kappa shape index (κ2) is 4.90. The van der Waals surface area contributed by atoms with Crippen molar-refractivity contribution in [2.75, 3.05) is 0 Å². The lowest BCUT2D eigenvalue weighted by atomic mass is 10.4. The molecule has 0 aromatic heterocycles. The molecular formula is C5H11ClO6P2. The molecule has 84 valence electrons. The van der Waals surface area contributed by atoms with Gasteiger partial charge in [-0.1, -0.05) is 17.7 Å². The van der Waals surface area contributed by atoms with Crippen LogP contribution < -0.4 is 0 Å². The zero-order valence-corrected chi connectivity index (χ0v) is 9.78. The Balaban J connectivity index is 4.88. The maximum atomic E-state index is 10.7. The first-order valence-electron chi connectivity index (χ1n) is 3.48. The minimum Gasteiger partial charge on any atom is -0.324 e. The average Bonchev–Trinajstić information content (AvgIpc) is 1.78. The van der Waals surface area contributed by atoms with Crippen molar-refractivity contribution >= 4 is 26.8 Å². The van der Waals surface area contributed by atoms with E-state index in [1.807, 2.05) is 0 Å². The van der Waals surface area contributed by atoms with E-state index in [0.29, 0.717) is 0 Å². The van der Waals surface area contributed by atoms with Gasteiger partial charge in [0.25, 0.3) is 0 Å². The molecule has 0 bridgehead atoms. The Labute approximate surface area is 85.9 Å². The Kier molecular flexibility index (Phi) is 5.02. The lowest BCUT2D eigenvalue weighted by Gasteiger charge is -2.17. The summed E-state index contributed by atoms with van der Waals surface area (Å²) in [6, 6.07) is 0. The topological polar surface area (TPSA) is 115 Å². The third-order valence-corrected chi connectivity index (χ3v) is 5.32. The molecule has 0 aromatic carbocycles. The zero-order chi connectivity index (χ0) is 11.6. The maximum Gasteiger partial charge on any atom is 0.341 e. The largest absolute Gasteiger partial charge is 0.341 e. The summed E-state index contributed by atoms with van der Waals surface area (Å²) in [5.41, 5.74) is 0. The molecule has 0 amide bonds. The highest BCUT2D eigenvalue weighted by atomic mass is 35.5. The zero-order valence-electron chi connectivity index (χ0n) is 7.24. The first kappa shape index (κ1) is 14.3. The van der Waals surface area contributed by atoms with Gasteiger partial charge in [-0.15, -0.1) is 0 Å². The van der Waals surface area contributed by atoms with E-state index in [4.69, 9.17) is 31.2 Å². The third-order valence-electron chi connectivity index (χ3n) is 1.39. The molecule has 0 fully saturated rings. The summed E-state index contributed by atoms with van der Waals surface area (Å²) in [6.45, 7) is 1.44. The lowest BCUT2D eigenvalue weighted by molar-refractivity contribution is 0.339. The maximum absolute atomic E-state index is 10.7. The molecule has 0 spiro atoms. The van der Waals surface area contributed by atoms with Gasteiger partial charge in [-0.25, -0.2) is 0 Å². The minimum absolute atomic E-state index is 0.219. The summed E-state index contributed by atoms with van der Waals surface area (Å²) >= 11 is 5.38. The number of allylic oxidation sites excluding steroid dienone is 2. The van der Waals surface area contributed by atoms with Gasteiger partial charge in [0.1, 0.15) is 0 Å². The van der Waals surface area contributed by atoms with Crippen molar-refractivity contribution in [2.45, 2.75) is 18.7 Å². The van der Waals surface area contributed by atoms with Crippen LogP contribution in [0.15, 0.2) is 11.1 Å². The quantitative estimate of drug-likeness (QED) is 0.567. The molecule has 0 aliphatic heterocycles.